The van der Waals surface area contributed by atoms with Gasteiger partial charge < -0.3 is 10.6 Å². The van der Waals surface area contributed by atoms with Gasteiger partial charge in [-0.05, 0) is 0 Å². The summed E-state index contributed by atoms with van der Waals surface area (Å²) in [6, 6.07) is -2.28. The summed E-state index contributed by atoms with van der Waals surface area (Å²) in [4.78, 5) is 10.4. The molecule has 0 saturated carbocycles. The van der Waals surface area contributed by atoms with E-state index in [0.717, 1.165) is 0 Å². The average Bonchev–Trinajstić information content (AvgIpc) is 2.07. The molecule has 2 N–H and O–H groups in total. The number of nitrogens with one attached hydrogen (secondary N) is 2. The molecule has 0 aromatic carbocycles. The molecule has 0 atom stereocenters. The number of hydrogen-bond donors (Lipinski definition) is 2. The smallest absolute Gasteiger partial charge is 0.341 e. The van der Waals surface area contributed by atoms with Crippen molar-refractivity contribution in [2.24, 2.45) is 0 Å². The summed E-state index contributed by atoms with van der Waals surface area (Å²) in [6.07, 6.45) is -20.4. The van der Waals surface area contributed by atoms with Crippen LogP contribution < -0.4 is 10.6 Å². The van der Waals surface area contributed by atoms with Crippen LogP contribution in [0.3, 0.4) is 0 Å². The Morgan fingerprint density at radius 3 is 1.22 bits per heavy atom. The van der Waals surface area contributed by atoms with Gasteiger partial charge in [-0.25, -0.2) is 4.79 Å². The first-order valence-corrected chi connectivity index (χ1v) is 3.90. The first-order chi connectivity index (χ1) is 7.70. The summed E-state index contributed by atoms with van der Waals surface area (Å²) in [5, 5.41) is 1.06. The largest absolute Gasteiger partial charge is 0.429 e. The van der Waals surface area contributed by atoms with Gasteiger partial charge >= 0.3 is 30.1 Å². The van der Waals surface area contributed by atoms with Gasteiger partial charge in [-0.2, -0.15) is 39.5 Å². The van der Waals surface area contributed by atoms with Crippen LogP contribution in [0.4, 0.5) is 44.3 Å². The molecular formula is C6H5F9N2O. The molecule has 3 nitrogen and oxygen atoms in total. The Morgan fingerprint density at radius 2 is 1.06 bits per heavy atom. The van der Waals surface area contributed by atoms with Crippen LogP contribution in [-0.4, -0.2) is 37.1 Å². The first kappa shape index (κ1) is 16.6. The van der Waals surface area contributed by atoms with Crippen LogP contribution in [0.25, 0.3) is 0 Å². The van der Waals surface area contributed by atoms with Crippen molar-refractivity contribution < 1.29 is 44.3 Å². The second-order valence-corrected chi connectivity index (χ2v) is 2.95. The topological polar surface area (TPSA) is 41.1 Å². The molecular weight excluding hydrogens is 287 g/mol. The fourth-order valence-electron chi connectivity index (χ4n) is 0.928. The van der Waals surface area contributed by atoms with Gasteiger partial charge in [0, 0.05) is 7.05 Å². The third-order valence-electron chi connectivity index (χ3n) is 1.80. The van der Waals surface area contributed by atoms with Crippen LogP contribution in [0.5, 0.6) is 0 Å². The van der Waals surface area contributed by atoms with Gasteiger partial charge in [0.2, 0.25) is 0 Å². The summed E-state index contributed by atoms with van der Waals surface area (Å²) in [5.74, 6) is 0. The second-order valence-electron chi connectivity index (χ2n) is 2.95. The Labute approximate surface area is 93.3 Å². The third-order valence-corrected chi connectivity index (χ3v) is 1.80. The lowest BCUT2D eigenvalue weighted by Crippen LogP contribution is -2.75. The van der Waals surface area contributed by atoms with Gasteiger partial charge in [-0.1, -0.05) is 0 Å². The van der Waals surface area contributed by atoms with Gasteiger partial charge in [0.25, 0.3) is 0 Å². The van der Waals surface area contributed by atoms with E-state index in [1.807, 2.05) is 0 Å². The molecule has 0 fully saturated rings. The molecule has 108 valence electrons. The predicted molar refractivity (Wildman–Crippen MR) is 38.5 cm³/mol. The van der Waals surface area contributed by atoms with E-state index in [9.17, 15) is 44.3 Å². The van der Waals surface area contributed by atoms with Crippen molar-refractivity contribution in [2.45, 2.75) is 24.1 Å². The lowest BCUT2D eigenvalue weighted by atomic mass is 9.97. The SMILES string of the molecule is CNC(=O)NC(C(F)(F)F)(C(F)(F)F)C(F)(F)F. The highest BCUT2D eigenvalue weighted by Gasteiger charge is 2.84. The minimum absolute atomic E-state index is 0.125. The molecule has 18 heavy (non-hydrogen) atoms. The van der Waals surface area contributed by atoms with Crippen LogP contribution in [0, 0.1) is 0 Å². The highest BCUT2D eigenvalue weighted by Crippen LogP contribution is 2.52. The van der Waals surface area contributed by atoms with Crippen molar-refractivity contribution in [3.05, 3.63) is 0 Å². The predicted octanol–water partition coefficient (Wildman–Crippen LogP) is 2.34. The Bertz CT molecular complexity index is 278. The molecule has 0 spiro atoms. The van der Waals surface area contributed by atoms with Crippen LogP contribution in [0.15, 0.2) is 0 Å². The summed E-state index contributed by atoms with van der Waals surface area (Å²) in [7, 11) is 0.559. The number of halogens is 9. The number of urea groups is 1. The highest BCUT2D eigenvalue weighted by atomic mass is 19.4. The van der Waals surface area contributed by atoms with Gasteiger partial charge in [0.15, 0.2) is 0 Å². The van der Waals surface area contributed by atoms with Gasteiger partial charge in [0.1, 0.15) is 0 Å². The maximum absolute atomic E-state index is 12.2. The van der Waals surface area contributed by atoms with Gasteiger partial charge in [-0.3, -0.25) is 0 Å². The lowest BCUT2D eigenvalue weighted by Gasteiger charge is -2.38. The maximum atomic E-state index is 12.2. The zero-order valence-corrected chi connectivity index (χ0v) is 8.31. The van der Waals surface area contributed by atoms with Gasteiger partial charge in [-0.15, -0.1) is 0 Å². The molecule has 0 radical (unpaired) electrons. The zero-order chi connectivity index (χ0) is 15.0. The Morgan fingerprint density at radius 1 is 0.778 bits per heavy atom. The summed E-state index contributed by atoms with van der Waals surface area (Å²) < 4.78 is 110. The molecule has 0 rings (SSSR count). The fraction of sp³-hybridized carbons (Fsp3) is 0.833. The number of carbonyl (C=O) groups is 1. The van der Waals surface area contributed by atoms with Crippen molar-refractivity contribution in [1.82, 2.24) is 10.6 Å². The van der Waals surface area contributed by atoms with Crippen molar-refractivity contribution in [3.8, 4) is 0 Å². The fourth-order valence-corrected chi connectivity index (χ4v) is 0.928. The van der Waals surface area contributed by atoms with Crippen LogP contribution in [0.2, 0.25) is 0 Å². The molecule has 0 aliphatic rings. The highest BCUT2D eigenvalue weighted by molar-refractivity contribution is 5.75. The molecule has 0 heterocycles. The molecule has 0 unspecified atom stereocenters. The van der Waals surface area contributed by atoms with E-state index in [1.165, 1.54) is 5.32 Å². The molecule has 12 heteroatoms. The minimum atomic E-state index is -6.81. The van der Waals surface area contributed by atoms with Gasteiger partial charge in [0.05, 0.1) is 0 Å². The third kappa shape index (κ3) is 2.56. The Balaban J connectivity index is 6.00. The van der Waals surface area contributed by atoms with E-state index in [2.05, 4.69) is 0 Å². The number of rotatable bonds is 1. The molecule has 0 saturated heterocycles. The summed E-state index contributed by atoms with van der Waals surface area (Å²) in [5.41, 5.74) is -6.33. The standard InChI is InChI=1S/C6H5F9N2O/c1-16-2(18)17-3(4(7,8)9,5(10,11)12)6(13,14)15/h1H3,(H2,16,17,18). The van der Waals surface area contributed by atoms with E-state index in [4.69, 9.17) is 0 Å². The normalized spacial score (nSPS) is 14.3. The van der Waals surface area contributed by atoms with Crippen molar-refractivity contribution in [3.63, 3.8) is 0 Å². The molecule has 2 amide bonds. The van der Waals surface area contributed by atoms with Crippen molar-refractivity contribution >= 4 is 6.03 Å². The molecule has 0 aliphatic carbocycles. The maximum Gasteiger partial charge on any atom is 0.429 e. The summed E-state index contributed by atoms with van der Waals surface area (Å²) >= 11 is 0. The van der Waals surface area contributed by atoms with Crippen LogP contribution in [-0.2, 0) is 0 Å². The van der Waals surface area contributed by atoms with Crippen molar-refractivity contribution in [1.29, 1.82) is 0 Å². The van der Waals surface area contributed by atoms with E-state index in [1.54, 1.807) is 0 Å². The number of alkyl halides is 9. The average molecular weight is 292 g/mol. The quantitative estimate of drug-likeness (QED) is 0.716. The minimum Gasteiger partial charge on any atom is -0.341 e. The zero-order valence-electron chi connectivity index (χ0n) is 8.31. The molecule has 0 aliphatic heterocycles. The Hall–Kier alpha value is -1.36. The second kappa shape index (κ2) is 4.39. The monoisotopic (exact) mass is 292 g/mol. The molecule has 0 aromatic heterocycles. The van der Waals surface area contributed by atoms with E-state index >= 15 is 0 Å². The number of amides is 2. The Kier molecular flexibility index (Phi) is 4.06. The number of carbonyl (C=O) groups excluding carboxylic acids is 1. The van der Waals surface area contributed by atoms with Crippen molar-refractivity contribution in [2.75, 3.05) is 7.05 Å². The first-order valence-electron chi connectivity index (χ1n) is 3.90. The van der Waals surface area contributed by atoms with Crippen LogP contribution >= 0.6 is 0 Å². The molecule has 0 aromatic rings. The van der Waals surface area contributed by atoms with Crippen LogP contribution in [0.1, 0.15) is 0 Å². The summed E-state index contributed by atoms with van der Waals surface area (Å²) in [6.45, 7) is 0. The van der Waals surface area contributed by atoms with E-state index in [0.29, 0.717) is 7.05 Å². The van der Waals surface area contributed by atoms with E-state index in [-0.39, 0.29) is 5.32 Å². The number of hydrogen-bond acceptors (Lipinski definition) is 1. The van der Waals surface area contributed by atoms with E-state index < -0.39 is 30.1 Å². The molecule has 0 bridgehead atoms. The lowest BCUT2D eigenvalue weighted by molar-refractivity contribution is -0.386.